The van der Waals surface area contributed by atoms with Gasteiger partial charge in [0.25, 0.3) is 11.7 Å². The molecule has 1 saturated heterocycles. The van der Waals surface area contributed by atoms with Crippen molar-refractivity contribution in [3.8, 4) is 11.5 Å². The number of carbonyl (C=O) groups is 2. The summed E-state index contributed by atoms with van der Waals surface area (Å²) >= 11 is 0. The predicted octanol–water partition coefficient (Wildman–Crippen LogP) is 5.24. The summed E-state index contributed by atoms with van der Waals surface area (Å²) < 4.78 is 13.6. The molecule has 0 bridgehead atoms. The molecule has 4 aromatic rings. The number of Topliss-reactive ketones (excluding diaryl/α,β-unsaturated/α-hetero) is 1. The Morgan fingerprint density at radius 2 is 1.90 bits per heavy atom. The fraction of sp³-hybridized carbons (Fsp3) is 0.290. The fourth-order valence-corrected chi connectivity index (χ4v) is 5.01. The molecule has 206 valence electrons. The molecule has 0 spiro atoms. The number of hydrogen-bond donors (Lipinski definition) is 1. The van der Waals surface area contributed by atoms with E-state index in [0.717, 1.165) is 18.4 Å². The van der Waals surface area contributed by atoms with E-state index in [1.807, 2.05) is 37.3 Å². The van der Waals surface area contributed by atoms with Gasteiger partial charge in [-0.15, -0.1) is 0 Å². The molecule has 1 aliphatic heterocycles. The third kappa shape index (κ3) is 5.02. The average molecular weight is 541 g/mol. The van der Waals surface area contributed by atoms with Gasteiger partial charge >= 0.3 is 0 Å². The maximum atomic E-state index is 13.6. The number of ketones is 1. The minimum Gasteiger partial charge on any atom is -0.505 e. The molecule has 0 saturated carbocycles. The molecular formula is C31H32N4O5. The molecule has 1 N–H and O–H groups in total. The first-order valence-corrected chi connectivity index (χ1v) is 13.5. The summed E-state index contributed by atoms with van der Waals surface area (Å²) in [5.41, 5.74) is 2.88. The Morgan fingerprint density at radius 1 is 1.05 bits per heavy atom. The lowest BCUT2D eigenvalue weighted by molar-refractivity contribution is -0.140. The van der Waals surface area contributed by atoms with Gasteiger partial charge in [0.1, 0.15) is 11.3 Å². The summed E-state index contributed by atoms with van der Waals surface area (Å²) in [6.07, 6.45) is 6.96. The number of benzene rings is 1. The number of aryl methyl sites for hydroxylation is 1. The molecule has 1 atom stereocenters. The lowest BCUT2D eigenvalue weighted by atomic mass is 9.95. The van der Waals surface area contributed by atoms with Crippen LogP contribution in [0.25, 0.3) is 11.4 Å². The number of ether oxygens (including phenoxy) is 2. The van der Waals surface area contributed by atoms with Gasteiger partial charge in [-0.05, 0) is 61.7 Å². The molecule has 1 aliphatic rings. The van der Waals surface area contributed by atoms with Gasteiger partial charge in [-0.3, -0.25) is 19.0 Å². The summed E-state index contributed by atoms with van der Waals surface area (Å²) in [5.74, 6) is -0.662. The lowest BCUT2D eigenvalue weighted by Gasteiger charge is -2.26. The van der Waals surface area contributed by atoms with Crippen molar-refractivity contribution >= 4 is 23.1 Å². The molecule has 3 aromatic heterocycles. The smallest absolute Gasteiger partial charge is 0.295 e. The first-order valence-electron chi connectivity index (χ1n) is 13.5. The molecule has 0 radical (unpaired) electrons. The topological polar surface area (TPSA) is 106 Å². The Balaban J connectivity index is 1.68. The van der Waals surface area contributed by atoms with Crippen LogP contribution in [0, 0.1) is 6.92 Å². The summed E-state index contributed by atoms with van der Waals surface area (Å²) in [5, 5.41) is 11.7. The van der Waals surface area contributed by atoms with E-state index in [1.165, 1.54) is 4.90 Å². The van der Waals surface area contributed by atoms with Gasteiger partial charge in [-0.1, -0.05) is 31.5 Å². The molecule has 9 nitrogen and oxygen atoms in total. The normalized spacial score (nSPS) is 16.6. The average Bonchev–Trinajstić information content (AvgIpc) is 3.42. The van der Waals surface area contributed by atoms with Crippen LogP contribution in [0.2, 0.25) is 0 Å². The van der Waals surface area contributed by atoms with Gasteiger partial charge in [0.15, 0.2) is 17.3 Å². The molecule has 0 aliphatic carbocycles. The van der Waals surface area contributed by atoms with Crippen molar-refractivity contribution in [2.75, 3.05) is 13.2 Å². The SMILES string of the molecule is CCCCOc1ccc(C2/C(=C(\O)c3c(C)nc4ccccn34)C(=O)C(=O)N2Cc2cccnc2)cc1OCC. The van der Waals surface area contributed by atoms with E-state index in [9.17, 15) is 14.7 Å². The Morgan fingerprint density at radius 3 is 2.65 bits per heavy atom. The number of aliphatic hydroxyl groups excluding tert-OH is 1. The number of aliphatic hydroxyl groups is 1. The van der Waals surface area contributed by atoms with E-state index in [2.05, 4.69) is 16.9 Å². The molecule has 1 aromatic carbocycles. The van der Waals surface area contributed by atoms with Crippen LogP contribution in [0.5, 0.6) is 11.5 Å². The van der Waals surface area contributed by atoms with E-state index in [0.29, 0.717) is 47.3 Å². The van der Waals surface area contributed by atoms with Crippen LogP contribution in [0.4, 0.5) is 0 Å². The number of amides is 1. The lowest BCUT2D eigenvalue weighted by Crippen LogP contribution is -2.29. The zero-order valence-electron chi connectivity index (χ0n) is 22.8. The third-order valence-electron chi connectivity index (χ3n) is 6.88. The molecule has 40 heavy (non-hydrogen) atoms. The van der Waals surface area contributed by atoms with Crippen LogP contribution in [-0.4, -0.2) is 49.3 Å². The summed E-state index contributed by atoms with van der Waals surface area (Å²) in [7, 11) is 0. The van der Waals surface area contributed by atoms with E-state index in [-0.39, 0.29) is 17.9 Å². The number of carbonyl (C=O) groups excluding carboxylic acids is 2. The Labute approximate surface area is 232 Å². The van der Waals surface area contributed by atoms with Crippen LogP contribution >= 0.6 is 0 Å². The number of aromatic nitrogens is 3. The second-order valence-electron chi connectivity index (χ2n) is 9.60. The minimum atomic E-state index is -0.877. The van der Waals surface area contributed by atoms with Crippen molar-refractivity contribution < 1.29 is 24.2 Å². The Hall–Kier alpha value is -4.66. The van der Waals surface area contributed by atoms with Crippen LogP contribution in [0.15, 0.2) is 72.7 Å². The van der Waals surface area contributed by atoms with Crippen molar-refractivity contribution in [1.82, 2.24) is 19.3 Å². The van der Waals surface area contributed by atoms with Crippen LogP contribution < -0.4 is 9.47 Å². The van der Waals surface area contributed by atoms with Crippen LogP contribution in [0.3, 0.4) is 0 Å². The molecule has 1 amide bonds. The van der Waals surface area contributed by atoms with Gasteiger partial charge in [0.05, 0.1) is 30.5 Å². The highest BCUT2D eigenvalue weighted by atomic mass is 16.5. The molecule has 5 rings (SSSR count). The van der Waals surface area contributed by atoms with Gasteiger partial charge in [-0.2, -0.15) is 0 Å². The van der Waals surface area contributed by atoms with Crippen molar-refractivity contribution in [2.24, 2.45) is 0 Å². The number of imidazole rings is 1. The van der Waals surface area contributed by atoms with Crippen LogP contribution in [-0.2, 0) is 16.1 Å². The summed E-state index contributed by atoms with van der Waals surface area (Å²) in [6, 6.07) is 13.6. The molecule has 9 heteroatoms. The highest BCUT2D eigenvalue weighted by molar-refractivity contribution is 6.46. The third-order valence-corrected chi connectivity index (χ3v) is 6.88. The van der Waals surface area contributed by atoms with E-state index in [1.54, 1.807) is 48.1 Å². The number of pyridine rings is 2. The predicted molar refractivity (Wildman–Crippen MR) is 150 cm³/mol. The second-order valence-corrected chi connectivity index (χ2v) is 9.60. The van der Waals surface area contributed by atoms with Crippen LogP contribution in [0.1, 0.15) is 55.2 Å². The Bertz CT molecular complexity index is 1580. The number of hydrogen-bond acceptors (Lipinski definition) is 7. The highest BCUT2D eigenvalue weighted by Crippen LogP contribution is 2.43. The van der Waals surface area contributed by atoms with E-state index in [4.69, 9.17) is 9.47 Å². The molecule has 1 unspecified atom stereocenters. The standard InChI is InChI=1S/C31H32N4O5/c1-4-6-16-40-23-13-12-22(17-24(23)39-5-2)28-26(29(36)27-20(3)33-25-11-7-8-15-34(25)27)30(37)31(38)35(28)19-21-10-9-14-32-18-21/h7-15,17-18,28,36H,4-6,16,19H2,1-3H3/b29-26+. The van der Waals surface area contributed by atoms with Crippen molar-refractivity contribution in [3.63, 3.8) is 0 Å². The number of nitrogens with zero attached hydrogens (tertiary/aromatic N) is 4. The number of unbranched alkanes of at least 4 members (excludes halogenated alkanes) is 1. The molecular weight excluding hydrogens is 508 g/mol. The van der Waals surface area contributed by atoms with Gasteiger partial charge in [0, 0.05) is 25.1 Å². The number of likely N-dealkylation sites (tertiary alicyclic amines) is 1. The van der Waals surface area contributed by atoms with Crippen molar-refractivity contribution in [3.05, 3.63) is 95.2 Å². The summed E-state index contributed by atoms with van der Waals surface area (Å²) in [4.78, 5) is 37.3. The van der Waals surface area contributed by atoms with Crippen molar-refractivity contribution in [2.45, 2.75) is 46.2 Å². The van der Waals surface area contributed by atoms with E-state index >= 15 is 0 Å². The molecule has 1 fully saturated rings. The minimum absolute atomic E-state index is 0.00950. The first-order chi connectivity index (χ1) is 19.4. The Kier molecular flexibility index (Phi) is 7.82. The highest BCUT2D eigenvalue weighted by Gasteiger charge is 2.47. The second kappa shape index (κ2) is 11.6. The van der Waals surface area contributed by atoms with Gasteiger partial charge in [-0.25, -0.2) is 4.98 Å². The monoisotopic (exact) mass is 540 g/mol. The maximum Gasteiger partial charge on any atom is 0.295 e. The zero-order valence-corrected chi connectivity index (χ0v) is 22.8. The van der Waals surface area contributed by atoms with E-state index < -0.39 is 17.7 Å². The quantitative estimate of drug-likeness (QED) is 0.127. The fourth-order valence-electron chi connectivity index (χ4n) is 5.01. The number of fused-ring (bicyclic) bond motifs is 1. The van der Waals surface area contributed by atoms with Gasteiger partial charge in [0.2, 0.25) is 0 Å². The van der Waals surface area contributed by atoms with Crippen molar-refractivity contribution in [1.29, 1.82) is 0 Å². The molecule has 4 heterocycles. The summed E-state index contributed by atoms with van der Waals surface area (Å²) in [6.45, 7) is 6.81. The first kappa shape index (κ1) is 26.9. The zero-order chi connectivity index (χ0) is 28.2. The largest absolute Gasteiger partial charge is 0.505 e. The van der Waals surface area contributed by atoms with Gasteiger partial charge < -0.3 is 19.5 Å². The maximum absolute atomic E-state index is 13.6. The number of rotatable bonds is 10.